The molecule has 5 heteroatoms. The van der Waals surface area contributed by atoms with Crippen LogP contribution in [0.3, 0.4) is 0 Å². The maximum Gasteiger partial charge on any atom is 0.263 e. The van der Waals surface area contributed by atoms with E-state index in [1.54, 1.807) is 7.11 Å². The summed E-state index contributed by atoms with van der Waals surface area (Å²) < 4.78 is 5.13. The lowest BCUT2D eigenvalue weighted by molar-refractivity contribution is -0.117. The molecule has 0 aliphatic rings. The highest BCUT2D eigenvalue weighted by atomic mass is 16.5. The van der Waals surface area contributed by atoms with Crippen LogP contribution in [0.2, 0.25) is 0 Å². The van der Waals surface area contributed by atoms with Crippen molar-refractivity contribution in [3.05, 3.63) is 77.0 Å². The van der Waals surface area contributed by atoms with E-state index in [1.165, 1.54) is 11.8 Å². The van der Waals surface area contributed by atoms with Crippen LogP contribution in [0.1, 0.15) is 29.7 Å². The molecule has 0 aliphatic carbocycles. The second-order valence-corrected chi connectivity index (χ2v) is 6.00. The molecule has 1 atom stereocenters. The van der Waals surface area contributed by atoms with Crippen molar-refractivity contribution in [2.75, 3.05) is 7.11 Å². The molecule has 5 nitrogen and oxygen atoms in total. The summed E-state index contributed by atoms with van der Waals surface area (Å²) in [6.45, 7) is 4.44. The minimum absolute atomic E-state index is 0.0393. The van der Waals surface area contributed by atoms with Crippen LogP contribution in [-0.2, 0) is 11.3 Å². The van der Waals surface area contributed by atoms with E-state index in [1.807, 2.05) is 68.4 Å². The van der Waals surface area contributed by atoms with Gasteiger partial charge in [-0.3, -0.25) is 4.79 Å². The zero-order valence-electron chi connectivity index (χ0n) is 15.2. The van der Waals surface area contributed by atoms with Gasteiger partial charge in [0.05, 0.1) is 13.2 Å². The van der Waals surface area contributed by atoms with Crippen LogP contribution < -0.4 is 15.4 Å². The van der Waals surface area contributed by atoms with Crippen molar-refractivity contribution in [2.24, 2.45) is 0 Å². The molecule has 2 aromatic carbocycles. The first kappa shape index (κ1) is 19.1. The van der Waals surface area contributed by atoms with Crippen LogP contribution in [-0.4, -0.2) is 13.0 Å². The van der Waals surface area contributed by atoms with Crippen molar-refractivity contribution < 1.29 is 9.53 Å². The fourth-order valence-corrected chi connectivity index (χ4v) is 2.38. The van der Waals surface area contributed by atoms with Crippen LogP contribution in [0.25, 0.3) is 0 Å². The minimum Gasteiger partial charge on any atom is -0.497 e. The summed E-state index contributed by atoms with van der Waals surface area (Å²) in [5.41, 5.74) is 3.24. The molecule has 0 bridgehead atoms. The number of aryl methyl sites for hydroxylation is 1. The van der Waals surface area contributed by atoms with E-state index < -0.39 is 5.91 Å². The van der Waals surface area contributed by atoms with Crippen LogP contribution in [0.5, 0.6) is 5.75 Å². The highest BCUT2D eigenvalue weighted by molar-refractivity contribution is 5.97. The Morgan fingerprint density at radius 2 is 1.85 bits per heavy atom. The fourth-order valence-electron chi connectivity index (χ4n) is 2.38. The van der Waals surface area contributed by atoms with Gasteiger partial charge in [-0.1, -0.05) is 42.0 Å². The molecule has 0 saturated heterocycles. The maximum absolute atomic E-state index is 12.3. The first-order valence-electron chi connectivity index (χ1n) is 8.37. The molecule has 0 fully saturated rings. The lowest BCUT2D eigenvalue weighted by Gasteiger charge is -2.14. The van der Waals surface area contributed by atoms with Crippen molar-refractivity contribution in [1.82, 2.24) is 10.6 Å². The molecule has 134 valence electrons. The zero-order chi connectivity index (χ0) is 18.9. The van der Waals surface area contributed by atoms with Crippen molar-refractivity contribution in [3.8, 4) is 11.8 Å². The Morgan fingerprint density at radius 1 is 1.19 bits per heavy atom. The standard InChI is InChI=1S/C21H23N3O2/c1-15-4-6-17(7-5-15)13-23-14-19(12-22)21(25)24-16(2)18-8-10-20(26-3)11-9-18/h4-11,14,16,23H,13H2,1-3H3,(H,24,25)/b19-14-. The Balaban J connectivity index is 1.94. The number of carbonyl (C=O) groups is 1. The van der Waals surface area contributed by atoms with Gasteiger partial charge < -0.3 is 15.4 Å². The molecule has 0 aliphatic heterocycles. The van der Waals surface area contributed by atoms with Gasteiger partial charge in [0, 0.05) is 12.7 Å². The zero-order valence-corrected chi connectivity index (χ0v) is 15.2. The quantitative estimate of drug-likeness (QED) is 0.594. The first-order chi connectivity index (χ1) is 12.5. The predicted octanol–water partition coefficient (Wildman–Crippen LogP) is 3.38. The topological polar surface area (TPSA) is 74.1 Å². The second-order valence-electron chi connectivity index (χ2n) is 6.00. The Labute approximate surface area is 154 Å². The van der Waals surface area contributed by atoms with E-state index in [0.717, 1.165) is 16.9 Å². The number of carbonyl (C=O) groups excluding carboxylic acids is 1. The summed E-state index contributed by atoms with van der Waals surface area (Å²) >= 11 is 0. The molecule has 2 N–H and O–H groups in total. The molecule has 1 unspecified atom stereocenters. The van der Waals surface area contributed by atoms with Crippen molar-refractivity contribution >= 4 is 5.91 Å². The van der Waals surface area contributed by atoms with Crippen molar-refractivity contribution in [3.63, 3.8) is 0 Å². The number of amides is 1. The molecule has 0 spiro atoms. The highest BCUT2D eigenvalue weighted by Gasteiger charge is 2.13. The van der Waals surface area contributed by atoms with E-state index in [-0.39, 0.29) is 11.6 Å². The lowest BCUT2D eigenvalue weighted by Crippen LogP contribution is -2.28. The molecular formula is C21H23N3O2. The van der Waals surface area contributed by atoms with Crippen LogP contribution in [0.15, 0.2) is 60.3 Å². The highest BCUT2D eigenvalue weighted by Crippen LogP contribution is 2.17. The molecule has 0 saturated carbocycles. The number of nitrogens with one attached hydrogen (secondary N) is 2. The molecule has 0 aromatic heterocycles. The molecule has 0 radical (unpaired) electrons. The summed E-state index contributed by atoms with van der Waals surface area (Å²) in [5, 5.41) is 15.1. The molecular weight excluding hydrogens is 326 g/mol. The summed E-state index contributed by atoms with van der Waals surface area (Å²) in [6.07, 6.45) is 1.45. The number of nitrogens with zero attached hydrogens (tertiary/aromatic N) is 1. The van der Waals surface area contributed by atoms with E-state index in [9.17, 15) is 10.1 Å². The fraction of sp³-hybridized carbons (Fsp3) is 0.238. The monoisotopic (exact) mass is 349 g/mol. The SMILES string of the molecule is COc1ccc(C(C)NC(=O)/C(C#N)=C\NCc2ccc(C)cc2)cc1. The molecule has 0 heterocycles. The van der Waals surface area contributed by atoms with Gasteiger partial charge in [-0.15, -0.1) is 0 Å². The average molecular weight is 349 g/mol. The summed E-state index contributed by atoms with van der Waals surface area (Å²) in [7, 11) is 1.60. The van der Waals surface area contributed by atoms with E-state index in [4.69, 9.17) is 4.74 Å². The summed E-state index contributed by atoms with van der Waals surface area (Å²) in [6, 6.07) is 17.2. The summed E-state index contributed by atoms with van der Waals surface area (Å²) in [5.74, 6) is 0.345. The predicted molar refractivity (Wildman–Crippen MR) is 101 cm³/mol. The smallest absolute Gasteiger partial charge is 0.263 e. The number of ether oxygens (including phenoxy) is 1. The number of nitriles is 1. The third kappa shape index (κ3) is 5.38. The van der Waals surface area contributed by atoms with E-state index in [2.05, 4.69) is 10.6 Å². The number of benzene rings is 2. The normalized spacial score (nSPS) is 12.0. The number of hydrogen-bond acceptors (Lipinski definition) is 4. The Morgan fingerprint density at radius 3 is 2.42 bits per heavy atom. The van der Waals surface area contributed by atoms with Gasteiger partial charge in [0.15, 0.2) is 0 Å². The summed E-state index contributed by atoms with van der Waals surface area (Å²) in [4.78, 5) is 12.3. The molecule has 26 heavy (non-hydrogen) atoms. The molecule has 2 aromatic rings. The Hall–Kier alpha value is -3.26. The van der Waals surface area contributed by atoms with E-state index >= 15 is 0 Å². The second kappa shape index (κ2) is 9.28. The molecule has 2 rings (SSSR count). The maximum atomic E-state index is 12.3. The molecule has 1 amide bonds. The van der Waals surface area contributed by atoms with Gasteiger partial charge >= 0.3 is 0 Å². The minimum atomic E-state index is -0.410. The van der Waals surface area contributed by atoms with Gasteiger partial charge in [0.25, 0.3) is 5.91 Å². The lowest BCUT2D eigenvalue weighted by atomic mass is 10.1. The van der Waals surface area contributed by atoms with Gasteiger partial charge in [-0.05, 0) is 37.1 Å². The third-order valence-electron chi connectivity index (χ3n) is 4.00. The van der Waals surface area contributed by atoms with Crippen LogP contribution >= 0.6 is 0 Å². The number of rotatable bonds is 7. The number of methoxy groups -OCH3 is 1. The van der Waals surface area contributed by atoms with E-state index in [0.29, 0.717) is 6.54 Å². The third-order valence-corrected chi connectivity index (χ3v) is 4.00. The largest absolute Gasteiger partial charge is 0.497 e. The van der Waals surface area contributed by atoms with Crippen LogP contribution in [0.4, 0.5) is 0 Å². The first-order valence-corrected chi connectivity index (χ1v) is 8.37. The van der Waals surface area contributed by atoms with Crippen LogP contribution in [0, 0.1) is 18.3 Å². The average Bonchev–Trinajstić information content (AvgIpc) is 2.66. The van der Waals surface area contributed by atoms with Gasteiger partial charge in [0.1, 0.15) is 17.4 Å². The number of hydrogen-bond donors (Lipinski definition) is 2. The Kier molecular flexibility index (Phi) is 6.81. The Bertz CT molecular complexity index is 803. The van der Waals surface area contributed by atoms with Crippen molar-refractivity contribution in [1.29, 1.82) is 5.26 Å². The van der Waals surface area contributed by atoms with Gasteiger partial charge in [-0.2, -0.15) is 5.26 Å². The van der Waals surface area contributed by atoms with Crippen molar-refractivity contribution in [2.45, 2.75) is 26.4 Å². The van der Waals surface area contributed by atoms with Gasteiger partial charge in [-0.25, -0.2) is 0 Å². The van der Waals surface area contributed by atoms with Gasteiger partial charge in [0.2, 0.25) is 0 Å².